The van der Waals surface area contributed by atoms with Crippen LogP contribution < -0.4 is 15.4 Å². The topological polar surface area (TPSA) is 67.7 Å². The van der Waals surface area contributed by atoms with Gasteiger partial charge in [0.15, 0.2) is 5.65 Å². The Bertz CT molecular complexity index is 1320. The van der Waals surface area contributed by atoms with Crippen molar-refractivity contribution in [3.8, 4) is 5.75 Å². The van der Waals surface area contributed by atoms with E-state index in [9.17, 15) is 4.79 Å². The predicted octanol–water partition coefficient (Wildman–Crippen LogP) is 6.09. The largest absolute Gasteiger partial charge is 0.494 e. The number of aryl methyl sites for hydroxylation is 4. The minimum absolute atomic E-state index is 0.176. The van der Waals surface area contributed by atoms with E-state index in [-0.39, 0.29) is 5.91 Å². The van der Waals surface area contributed by atoms with Crippen LogP contribution >= 0.6 is 0 Å². The Labute approximate surface area is 201 Å². The lowest BCUT2D eigenvalue weighted by Crippen LogP contribution is -2.14. The Morgan fingerprint density at radius 3 is 2.53 bits per heavy atom. The molecule has 0 radical (unpaired) electrons. The number of imidazole rings is 1. The number of carbonyl (C=O) groups is 1. The summed E-state index contributed by atoms with van der Waals surface area (Å²) in [6.45, 7) is 11.5. The van der Waals surface area contributed by atoms with Crippen LogP contribution in [0, 0.1) is 20.8 Å². The number of hydrogen-bond acceptors (Lipinski definition) is 4. The van der Waals surface area contributed by atoms with Crippen molar-refractivity contribution in [2.24, 2.45) is 0 Å². The van der Waals surface area contributed by atoms with E-state index < -0.39 is 0 Å². The first-order valence-corrected chi connectivity index (χ1v) is 11.8. The second-order valence-electron chi connectivity index (χ2n) is 8.45. The lowest BCUT2D eigenvalue weighted by atomic mass is 10.00. The summed E-state index contributed by atoms with van der Waals surface area (Å²) in [4.78, 5) is 17.9. The van der Waals surface area contributed by atoms with Crippen LogP contribution in [0.1, 0.15) is 52.3 Å². The zero-order chi connectivity index (χ0) is 24.2. The van der Waals surface area contributed by atoms with Crippen molar-refractivity contribution in [3.63, 3.8) is 0 Å². The van der Waals surface area contributed by atoms with E-state index in [4.69, 9.17) is 9.72 Å². The SMILES string of the molecule is CCOc1ccc(NC(=O)c2cc(NCc3c(C)cccc3CC)c3nc(C)c(C)n3c2)cc1. The molecule has 0 aliphatic carbocycles. The molecule has 2 N–H and O–H groups in total. The molecule has 4 rings (SSSR count). The van der Waals surface area contributed by atoms with Crippen LogP contribution in [0.4, 0.5) is 11.4 Å². The Balaban J connectivity index is 1.65. The van der Waals surface area contributed by atoms with Crippen LogP contribution in [0.3, 0.4) is 0 Å². The summed E-state index contributed by atoms with van der Waals surface area (Å²) in [5, 5.41) is 6.55. The highest BCUT2D eigenvalue weighted by Gasteiger charge is 2.16. The highest BCUT2D eigenvalue weighted by atomic mass is 16.5. The molecule has 0 aliphatic heterocycles. The first-order chi connectivity index (χ1) is 16.4. The first kappa shape index (κ1) is 23.4. The lowest BCUT2D eigenvalue weighted by Gasteiger charge is -2.15. The maximum atomic E-state index is 13.2. The van der Waals surface area contributed by atoms with E-state index in [1.807, 2.05) is 61.7 Å². The van der Waals surface area contributed by atoms with Crippen LogP contribution in [0.25, 0.3) is 5.65 Å². The molecular formula is C28H32N4O2. The monoisotopic (exact) mass is 456 g/mol. The Hall–Kier alpha value is -3.80. The van der Waals surface area contributed by atoms with Gasteiger partial charge < -0.3 is 19.8 Å². The summed E-state index contributed by atoms with van der Waals surface area (Å²) in [6.07, 6.45) is 2.82. The van der Waals surface area contributed by atoms with E-state index in [0.29, 0.717) is 24.4 Å². The van der Waals surface area contributed by atoms with E-state index in [0.717, 1.165) is 34.9 Å². The fraction of sp³-hybridized carbons (Fsp3) is 0.286. The van der Waals surface area contributed by atoms with Crippen LogP contribution in [-0.2, 0) is 13.0 Å². The zero-order valence-corrected chi connectivity index (χ0v) is 20.5. The second kappa shape index (κ2) is 10.00. The number of nitrogens with one attached hydrogen (secondary N) is 2. The van der Waals surface area contributed by atoms with Crippen molar-refractivity contribution in [1.82, 2.24) is 9.38 Å². The molecule has 34 heavy (non-hydrogen) atoms. The Kier molecular flexibility index (Phi) is 6.87. The van der Waals surface area contributed by atoms with E-state index in [1.165, 1.54) is 16.7 Å². The average Bonchev–Trinajstić information content (AvgIpc) is 3.13. The number of carbonyl (C=O) groups excluding carboxylic acids is 1. The number of fused-ring (bicyclic) bond motifs is 1. The van der Waals surface area contributed by atoms with Gasteiger partial charge in [0.05, 0.1) is 23.6 Å². The Morgan fingerprint density at radius 1 is 1.06 bits per heavy atom. The van der Waals surface area contributed by atoms with Crippen LogP contribution in [-0.4, -0.2) is 21.9 Å². The smallest absolute Gasteiger partial charge is 0.257 e. The number of hydrogen-bond donors (Lipinski definition) is 2. The van der Waals surface area contributed by atoms with Crippen molar-refractivity contribution >= 4 is 22.9 Å². The molecule has 0 unspecified atom stereocenters. The van der Waals surface area contributed by atoms with Crippen molar-refractivity contribution in [2.45, 2.75) is 47.6 Å². The molecule has 0 spiro atoms. The van der Waals surface area contributed by atoms with Gasteiger partial charge in [-0.2, -0.15) is 0 Å². The number of nitrogens with zero attached hydrogens (tertiary/aromatic N) is 2. The van der Waals surface area contributed by atoms with Gasteiger partial charge in [-0.05, 0) is 81.1 Å². The average molecular weight is 457 g/mol. The summed E-state index contributed by atoms with van der Waals surface area (Å²) in [7, 11) is 0. The summed E-state index contributed by atoms with van der Waals surface area (Å²) in [5.41, 5.74) is 8.74. The molecule has 0 saturated heterocycles. The van der Waals surface area contributed by atoms with Gasteiger partial charge in [0.2, 0.25) is 0 Å². The standard InChI is InChI=1S/C28H32N4O2/c1-6-21-10-8-9-18(3)25(21)16-29-26-15-22(17-32-20(5)19(4)30-27(26)32)28(33)31-23-11-13-24(14-12-23)34-7-2/h8-15,17,29H,6-7,16H2,1-5H3,(H,31,33). The molecule has 2 aromatic heterocycles. The van der Waals surface area contributed by atoms with Crippen LogP contribution in [0.5, 0.6) is 5.75 Å². The van der Waals surface area contributed by atoms with Crippen molar-refractivity contribution in [1.29, 1.82) is 0 Å². The van der Waals surface area contributed by atoms with E-state index >= 15 is 0 Å². The highest BCUT2D eigenvalue weighted by molar-refractivity contribution is 6.05. The third-order valence-electron chi connectivity index (χ3n) is 6.22. The van der Waals surface area contributed by atoms with Gasteiger partial charge in [0, 0.05) is 24.1 Å². The first-order valence-electron chi connectivity index (χ1n) is 11.8. The number of rotatable bonds is 8. The van der Waals surface area contributed by atoms with Crippen LogP contribution in [0.2, 0.25) is 0 Å². The molecule has 4 aromatic rings. The third-order valence-corrected chi connectivity index (χ3v) is 6.22. The second-order valence-corrected chi connectivity index (χ2v) is 8.45. The molecule has 0 fully saturated rings. The molecule has 6 nitrogen and oxygen atoms in total. The highest BCUT2D eigenvalue weighted by Crippen LogP contribution is 2.25. The molecule has 176 valence electrons. The summed E-state index contributed by atoms with van der Waals surface area (Å²) >= 11 is 0. The van der Waals surface area contributed by atoms with E-state index in [2.05, 4.69) is 42.7 Å². The van der Waals surface area contributed by atoms with Gasteiger partial charge in [-0.1, -0.05) is 25.1 Å². The maximum Gasteiger partial charge on any atom is 0.257 e. The molecule has 2 aromatic carbocycles. The van der Waals surface area contributed by atoms with Gasteiger partial charge in [-0.25, -0.2) is 4.98 Å². The minimum Gasteiger partial charge on any atom is -0.494 e. The van der Waals surface area contributed by atoms with Crippen molar-refractivity contribution < 1.29 is 9.53 Å². The maximum absolute atomic E-state index is 13.2. The number of ether oxygens (including phenoxy) is 1. The number of pyridine rings is 1. The zero-order valence-electron chi connectivity index (χ0n) is 20.5. The number of amides is 1. The normalized spacial score (nSPS) is 11.0. The summed E-state index contributed by atoms with van der Waals surface area (Å²) < 4.78 is 7.48. The quantitative estimate of drug-likeness (QED) is 0.337. The van der Waals surface area contributed by atoms with Gasteiger partial charge in [0.25, 0.3) is 5.91 Å². The third kappa shape index (κ3) is 4.76. The number of benzene rings is 2. The number of anilines is 2. The molecule has 0 bridgehead atoms. The van der Waals surface area contributed by atoms with Gasteiger partial charge in [0.1, 0.15) is 5.75 Å². The molecule has 0 saturated carbocycles. The fourth-order valence-electron chi connectivity index (χ4n) is 4.16. The van der Waals surface area contributed by atoms with Crippen molar-refractivity contribution in [3.05, 3.63) is 88.4 Å². The molecule has 1 amide bonds. The minimum atomic E-state index is -0.176. The summed E-state index contributed by atoms with van der Waals surface area (Å²) in [6, 6.07) is 15.7. The fourth-order valence-corrected chi connectivity index (χ4v) is 4.16. The number of aromatic nitrogens is 2. The van der Waals surface area contributed by atoms with E-state index in [1.54, 1.807) is 0 Å². The summed E-state index contributed by atoms with van der Waals surface area (Å²) in [5.74, 6) is 0.602. The molecule has 0 atom stereocenters. The van der Waals surface area contributed by atoms with Crippen molar-refractivity contribution in [2.75, 3.05) is 17.2 Å². The molecule has 0 aliphatic rings. The lowest BCUT2D eigenvalue weighted by molar-refractivity contribution is 0.102. The molecular weight excluding hydrogens is 424 g/mol. The van der Waals surface area contributed by atoms with Gasteiger partial charge in [-0.3, -0.25) is 4.79 Å². The van der Waals surface area contributed by atoms with Gasteiger partial charge >= 0.3 is 0 Å². The Morgan fingerprint density at radius 2 is 1.82 bits per heavy atom. The van der Waals surface area contributed by atoms with Gasteiger partial charge in [-0.15, -0.1) is 0 Å². The molecule has 2 heterocycles. The van der Waals surface area contributed by atoms with Crippen LogP contribution in [0.15, 0.2) is 54.7 Å². The molecule has 6 heteroatoms. The predicted molar refractivity (Wildman–Crippen MR) is 138 cm³/mol.